The zero-order chi connectivity index (χ0) is 36.6. The zero-order valence-electron chi connectivity index (χ0n) is 33.7. The number of hydrogen-bond donors (Lipinski definition) is 1. The largest absolute Gasteiger partial charge is 0.466 e. The van der Waals surface area contributed by atoms with Crippen molar-refractivity contribution in [2.45, 2.75) is 219 Å². The standard InChI is InChI=1S/C43H85NO5S/c1-4-7-10-13-16-23-30-41(31-24-17-14-11-8-5-2)49-43(47)32-25-18-15-19-26-34-44(36-37-45)35-27-20-21-28-38-48-42(46)33-40-50-39-29-22-12-9-6-3/h41,45H,4-40H2,1-3H3. The molecule has 0 aromatic carbocycles. The number of aliphatic hydroxyl groups excluding tert-OH is 1. The topological polar surface area (TPSA) is 76.1 Å². The van der Waals surface area contributed by atoms with Crippen LogP contribution in [0.5, 0.6) is 0 Å². The summed E-state index contributed by atoms with van der Waals surface area (Å²) in [6, 6.07) is 0. The van der Waals surface area contributed by atoms with Gasteiger partial charge in [-0.15, -0.1) is 0 Å². The van der Waals surface area contributed by atoms with E-state index in [4.69, 9.17) is 9.47 Å². The summed E-state index contributed by atoms with van der Waals surface area (Å²) in [5.41, 5.74) is 0. The van der Waals surface area contributed by atoms with Crippen LogP contribution in [0.1, 0.15) is 213 Å². The molecule has 0 spiro atoms. The summed E-state index contributed by atoms with van der Waals surface area (Å²) < 4.78 is 11.4. The minimum absolute atomic E-state index is 0.0113. The van der Waals surface area contributed by atoms with Crippen molar-refractivity contribution >= 4 is 23.7 Å². The van der Waals surface area contributed by atoms with E-state index in [0.29, 0.717) is 19.4 Å². The average molecular weight is 728 g/mol. The quantitative estimate of drug-likeness (QED) is 0.0496. The Hall–Kier alpha value is -0.790. The molecule has 6 nitrogen and oxygen atoms in total. The van der Waals surface area contributed by atoms with Crippen molar-refractivity contribution in [2.24, 2.45) is 0 Å². The molecule has 0 aliphatic rings. The molecule has 0 heterocycles. The van der Waals surface area contributed by atoms with Crippen LogP contribution in [-0.4, -0.2) is 72.4 Å². The molecule has 0 aliphatic carbocycles. The highest BCUT2D eigenvalue weighted by molar-refractivity contribution is 7.99. The second kappa shape index (κ2) is 41.0. The van der Waals surface area contributed by atoms with Crippen LogP contribution in [0, 0.1) is 0 Å². The Morgan fingerprint density at radius 1 is 0.520 bits per heavy atom. The van der Waals surface area contributed by atoms with Crippen LogP contribution in [0.15, 0.2) is 0 Å². The highest BCUT2D eigenvalue weighted by Crippen LogP contribution is 2.18. The van der Waals surface area contributed by atoms with Gasteiger partial charge in [0, 0.05) is 18.7 Å². The van der Waals surface area contributed by atoms with Crippen LogP contribution < -0.4 is 0 Å². The lowest BCUT2D eigenvalue weighted by molar-refractivity contribution is -0.150. The first-order valence-corrected chi connectivity index (χ1v) is 23.0. The third kappa shape index (κ3) is 37.0. The van der Waals surface area contributed by atoms with Crippen LogP contribution in [0.2, 0.25) is 0 Å². The molecule has 7 heteroatoms. The lowest BCUT2D eigenvalue weighted by Gasteiger charge is -2.21. The number of carbonyl (C=O) groups is 2. The van der Waals surface area contributed by atoms with E-state index in [-0.39, 0.29) is 24.6 Å². The van der Waals surface area contributed by atoms with E-state index >= 15 is 0 Å². The predicted octanol–water partition coefficient (Wildman–Crippen LogP) is 12.2. The minimum Gasteiger partial charge on any atom is -0.466 e. The zero-order valence-corrected chi connectivity index (χ0v) is 34.5. The summed E-state index contributed by atoms with van der Waals surface area (Å²) in [4.78, 5) is 27.0. The Labute approximate surface area is 315 Å². The molecular formula is C43H85NO5S. The maximum Gasteiger partial charge on any atom is 0.306 e. The van der Waals surface area contributed by atoms with Gasteiger partial charge in [-0.1, -0.05) is 143 Å². The second-order valence-electron chi connectivity index (χ2n) is 14.7. The number of thioether (sulfide) groups is 1. The lowest BCUT2D eigenvalue weighted by Crippen LogP contribution is -2.29. The molecule has 0 amide bonds. The number of hydrogen-bond acceptors (Lipinski definition) is 7. The molecule has 0 fully saturated rings. The summed E-state index contributed by atoms with van der Waals surface area (Å²) >= 11 is 1.88. The minimum atomic E-state index is -0.0521. The molecule has 0 aliphatic heterocycles. The maximum atomic E-state index is 12.7. The van der Waals surface area contributed by atoms with Gasteiger partial charge in [-0.3, -0.25) is 9.59 Å². The molecule has 0 atom stereocenters. The monoisotopic (exact) mass is 728 g/mol. The first-order valence-electron chi connectivity index (χ1n) is 21.8. The summed E-state index contributed by atoms with van der Waals surface area (Å²) in [6.07, 6.45) is 34.9. The molecular weight excluding hydrogens is 643 g/mol. The molecule has 50 heavy (non-hydrogen) atoms. The van der Waals surface area contributed by atoms with Gasteiger partial charge in [0.2, 0.25) is 0 Å². The second-order valence-corrected chi connectivity index (χ2v) is 15.9. The number of esters is 2. The van der Waals surface area contributed by atoms with Crippen molar-refractivity contribution in [2.75, 3.05) is 44.4 Å². The van der Waals surface area contributed by atoms with Crippen molar-refractivity contribution in [3.63, 3.8) is 0 Å². The van der Waals surface area contributed by atoms with Gasteiger partial charge in [0.15, 0.2) is 0 Å². The van der Waals surface area contributed by atoms with Crippen molar-refractivity contribution in [3.8, 4) is 0 Å². The molecule has 0 radical (unpaired) electrons. The Bertz CT molecular complexity index is 693. The van der Waals surface area contributed by atoms with E-state index in [2.05, 4.69) is 25.7 Å². The number of aliphatic hydroxyl groups is 1. The molecule has 298 valence electrons. The molecule has 0 rings (SSSR count). The third-order valence-electron chi connectivity index (χ3n) is 9.80. The fraction of sp³-hybridized carbons (Fsp3) is 0.953. The first kappa shape index (κ1) is 49.2. The third-order valence-corrected chi connectivity index (χ3v) is 10.9. The van der Waals surface area contributed by atoms with Crippen molar-refractivity contribution in [3.05, 3.63) is 0 Å². The van der Waals surface area contributed by atoms with Crippen LogP contribution >= 0.6 is 11.8 Å². The normalized spacial score (nSPS) is 11.6. The smallest absolute Gasteiger partial charge is 0.306 e. The molecule has 0 unspecified atom stereocenters. The number of carbonyl (C=O) groups excluding carboxylic acids is 2. The Kier molecular flexibility index (Phi) is 40.3. The SMILES string of the molecule is CCCCCCCCC(CCCCCCCC)OC(=O)CCCCCCCN(CCO)CCCCCCOC(=O)CCSCCCCCCC. The highest BCUT2D eigenvalue weighted by Gasteiger charge is 2.14. The fourth-order valence-electron chi connectivity index (χ4n) is 6.54. The first-order chi connectivity index (χ1) is 24.6. The molecule has 0 aromatic heterocycles. The molecule has 0 bridgehead atoms. The molecule has 1 N–H and O–H groups in total. The fourth-order valence-corrected chi connectivity index (χ4v) is 7.46. The summed E-state index contributed by atoms with van der Waals surface area (Å²) in [5, 5.41) is 9.53. The lowest BCUT2D eigenvalue weighted by atomic mass is 10.0. The molecule has 0 saturated heterocycles. The van der Waals surface area contributed by atoms with Gasteiger partial charge in [0.05, 0.1) is 19.6 Å². The van der Waals surface area contributed by atoms with Gasteiger partial charge < -0.3 is 19.5 Å². The van der Waals surface area contributed by atoms with Crippen molar-refractivity contribution < 1.29 is 24.2 Å². The van der Waals surface area contributed by atoms with E-state index in [1.54, 1.807) is 0 Å². The molecule has 0 aromatic rings. The van der Waals surface area contributed by atoms with Crippen LogP contribution in [0.25, 0.3) is 0 Å². The van der Waals surface area contributed by atoms with Gasteiger partial charge in [0.1, 0.15) is 6.10 Å². The van der Waals surface area contributed by atoms with Crippen LogP contribution in [-0.2, 0) is 19.1 Å². The van der Waals surface area contributed by atoms with Gasteiger partial charge >= 0.3 is 11.9 Å². The number of ether oxygens (including phenoxy) is 2. The van der Waals surface area contributed by atoms with E-state index in [9.17, 15) is 14.7 Å². The average Bonchev–Trinajstić information content (AvgIpc) is 3.11. The Balaban J connectivity index is 3.94. The van der Waals surface area contributed by atoms with Crippen LogP contribution in [0.3, 0.4) is 0 Å². The number of rotatable bonds is 41. The Morgan fingerprint density at radius 2 is 1.00 bits per heavy atom. The maximum absolute atomic E-state index is 12.7. The van der Waals surface area contributed by atoms with E-state index in [1.807, 2.05) is 11.8 Å². The highest BCUT2D eigenvalue weighted by atomic mass is 32.2. The summed E-state index contributed by atoms with van der Waals surface area (Å²) in [5.74, 6) is 1.99. The van der Waals surface area contributed by atoms with E-state index in [0.717, 1.165) is 95.3 Å². The number of nitrogens with zero attached hydrogens (tertiary/aromatic N) is 1. The van der Waals surface area contributed by atoms with E-state index in [1.165, 1.54) is 116 Å². The summed E-state index contributed by atoms with van der Waals surface area (Å²) in [6.45, 7) is 10.3. The summed E-state index contributed by atoms with van der Waals surface area (Å²) in [7, 11) is 0. The van der Waals surface area contributed by atoms with Gasteiger partial charge in [-0.05, 0) is 76.6 Å². The van der Waals surface area contributed by atoms with Gasteiger partial charge in [-0.25, -0.2) is 0 Å². The number of unbranched alkanes of at least 4 members (excludes halogenated alkanes) is 21. The van der Waals surface area contributed by atoms with E-state index < -0.39 is 0 Å². The predicted molar refractivity (Wildman–Crippen MR) is 217 cm³/mol. The van der Waals surface area contributed by atoms with Gasteiger partial charge in [-0.2, -0.15) is 11.8 Å². The van der Waals surface area contributed by atoms with Gasteiger partial charge in [0.25, 0.3) is 0 Å². The van der Waals surface area contributed by atoms with Crippen LogP contribution in [0.4, 0.5) is 0 Å². The van der Waals surface area contributed by atoms with Crippen molar-refractivity contribution in [1.82, 2.24) is 4.90 Å². The van der Waals surface area contributed by atoms with Crippen molar-refractivity contribution in [1.29, 1.82) is 0 Å². The Morgan fingerprint density at radius 3 is 1.56 bits per heavy atom. The molecule has 0 saturated carbocycles.